The Kier molecular flexibility index (Phi) is 11.3. The molecule has 31 heavy (non-hydrogen) atoms. The number of carbonyl (C=O) groups is 2. The molecule has 2 amide bonds. The molecule has 6 nitrogen and oxygen atoms in total. The van der Waals surface area contributed by atoms with E-state index < -0.39 is 0 Å². The van der Waals surface area contributed by atoms with Crippen LogP contribution in [-0.2, 0) is 9.59 Å². The number of hydrogen-bond donors (Lipinski definition) is 2. The lowest BCUT2D eigenvalue weighted by Gasteiger charge is -2.34. The molecule has 2 heterocycles. The fraction of sp³-hybridized carbons (Fsp3) is 0.920. The summed E-state index contributed by atoms with van der Waals surface area (Å²) in [7, 11) is 0. The number of amides is 2. The van der Waals surface area contributed by atoms with E-state index in [2.05, 4.69) is 35.9 Å². The lowest BCUT2D eigenvalue weighted by molar-refractivity contribution is -0.134. The van der Waals surface area contributed by atoms with E-state index in [-0.39, 0.29) is 5.41 Å². The molecule has 0 radical (unpaired) electrons. The third-order valence-corrected chi connectivity index (χ3v) is 6.91. The first-order chi connectivity index (χ1) is 14.8. The molecule has 3 N–H and O–H groups in total. The largest absolute Gasteiger partial charge is 0.343 e. The Hall–Kier alpha value is -1.14. The molecule has 6 heteroatoms. The van der Waals surface area contributed by atoms with Crippen LogP contribution in [0.15, 0.2) is 0 Å². The highest BCUT2D eigenvalue weighted by Crippen LogP contribution is 2.28. The van der Waals surface area contributed by atoms with Crippen LogP contribution >= 0.6 is 0 Å². The molecule has 2 fully saturated rings. The van der Waals surface area contributed by atoms with Crippen LogP contribution in [0.1, 0.15) is 85.0 Å². The van der Waals surface area contributed by atoms with Crippen molar-refractivity contribution in [1.82, 2.24) is 15.1 Å². The van der Waals surface area contributed by atoms with Crippen LogP contribution in [0.4, 0.5) is 0 Å². The molecule has 0 unspecified atom stereocenters. The predicted octanol–water partition coefficient (Wildman–Crippen LogP) is 3.40. The van der Waals surface area contributed by atoms with Crippen molar-refractivity contribution in [3.63, 3.8) is 0 Å². The standard InChI is InChI=1S/C25H48N4O2/c1-25(2,3)20-24(31)29-18-11-22(12-19-29)7-4-6-21-9-16-28(17-10-21)23(30)8-15-27-14-5-13-26/h21-22,27H,4-20,26H2,1-3H3. The fourth-order valence-corrected chi connectivity index (χ4v) is 4.91. The van der Waals surface area contributed by atoms with Gasteiger partial charge in [-0.25, -0.2) is 0 Å². The molecule has 0 aromatic rings. The summed E-state index contributed by atoms with van der Waals surface area (Å²) >= 11 is 0. The van der Waals surface area contributed by atoms with Gasteiger partial charge in [0, 0.05) is 45.6 Å². The zero-order chi connectivity index (χ0) is 22.7. The van der Waals surface area contributed by atoms with Crippen LogP contribution < -0.4 is 11.1 Å². The van der Waals surface area contributed by atoms with Gasteiger partial charge >= 0.3 is 0 Å². The molecular weight excluding hydrogens is 388 g/mol. The van der Waals surface area contributed by atoms with Crippen molar-refractivity contribution in [2.24, 2.45) is 23.0 Å². The summed E-state index contributed by atoms with van der Waals surface area (Å²) in [5, 5.41) is 3.29. The van der Waals surface area contributed by atoms with E-state index in [1.54, 1.807) is 0 Å². The van der Waals surface area contributed by atoms with E-state index in [0.29, 0.717) is 31.2 Å². The summed E-state index contributed by atoms with van der Waals surface area (Å²) in [6.07, 6.45) is 10.8. The quantitative estimate of drug-likeness (QED) is 0.487. The van der Waals surface area contributed by atoms with Gasteiger partial charge in [0.2, 0.25) is 11.8 Å². The highest BCUT2D eigenvalue weighted by atomic mass is 16.2. The Morgan fingerprint density at radius 2 is 1.35 bits per heavy atom. The van der Waals surface area contributed by atoms with Gasteiger partial charge in [0.15, 0.2) is 0 Å². The van der Waals surface area contributed by atoms with E-state index >= 15 is 0 Å². The number of hydrogen-bond acceptors (Lipinski definition) is 4. The second-order valence-corrected chi connectivity index (χ2v) is 11.0. The molecule has 2 rings (SSSR count). The normalized spacial score (nSPS) is 19.1. The Morgan fingerprint density at radius 3 is 1.84 bits per heavy atom. The highest BCUT2D eigenvalue weighted by Gasteiger charge is 2.26. The van der Waals surface area contributed by atoms with Gasteiger partial charge in [-0.05, 0) is 62.4 Å². The lowest BCUT2D eigenvalue weighted by atomic mass is 9.86. The summed E-state index contributed by atoms with van der Waals surface area (Å²) < 4.78 is 0. The molecular formula is C25H48N4O2. The van der Waals surface area contributed by atoms with Crippen molar-refractivity contribution in [2.75, 3.05) is 45.8 Å². The maximum atomic E-state index is 12.4. The molecule has 2 aliphatic rings. The summed E-state index contributed by atoms with van der Waals surface area (Å²) in [6, 6.07) is 0. The SMILES string of the molecule is CC(C)(C)CC(=O)N1CCC(CCCC2CCN(C(=O)CCNCCCN)CC2)CC1. The van der Waals surface area contributed by atoms with Gasteiger partial charge in [-0.15, -0.1) is 0 Å². The van der Waals surface area contributed by atoms with E-state index in [9.17, 15) is 9.59 Å². The van der Waals surface area contributed by atoms with Crippen molar-refractivity contribution in [3.05, 3.63) is 0 Å². The average molecular weight is 437 g/mol. The molecule has 0 bridgehead atoms. The van der Waals surface area contributed by atoms with Crippen molar-refractivity contribution in [2.45, 2.75) is 85.0 Å². The first kappa shape index (κ1) is 26.1. The zero-order valence-corrected chi connectivity index (χ0v) is 20.5. The Balaban J connectivity index is 1.53. The second-order valence-electron chi connectivity index (χ2n) is 11.0. The maximum absolute atomic E-state index is 12.4. The molecule has 0 aromatic heterocycles. The lowest BCUT2D eigenvalue weighted by Crippen LogP contribution is -2.40. The number of carbonyl (C=O) groups excluding carboxylic acids is 2. The number of nitrogens with one attached hydrogen (secondary N) is 1. The highest BCUT2D eigenvalue weighted by molar-refractivity contribution is 5.77. The minimum atomic E-state index is 0.0788. The van der Waals surface area contributed by atoms with Gasteiger partial charge < -0.3 is 20.9 Å². The van der Waals surface area contributed by atoms with Gasteiger partial charge in [0.05, 0.1) is 0 Å². The topological polar surface area (TPSA) is 78.7 Å². The number of likely N-dealkylation sites (tertiary alicyclic amines) is 2. The van der Waals surface area contributed by atoms with Crippen LogP contribution in [0.5, 0.6) is 0 Å². The number of rotatable bonds is 11. The molecule has 2 saturated heterocycles. The smallest absolute Gasteiger partial charge is 0.223 e. The van der Waals surface area contributed by atoms with Crippen LogP contribution in [-0.4, -0.2) is 67.4 Å². The maximum Gasteiger partial charge on any atom is 0.223 e. The average Bonchev–Trinajstić information content (AvgIpc) is 2.73. The fourth-order valence-electron chi connectivity index (χ4n) is 4.91. The van der Waals surface area contributed by atoms with E-state index in [4.69, 9.17) is 5.73 Å². The van der Waals surface area contributed by atoms with Gasteiger partial charge in [-0.3, -0.25) is 9.59 Å². The van der Waals surface area contributed by atoms with Crippen molar-refractivity contribution in [1.29, 1.82) is 0 Å². The van der Waals surface area contributed by atoms with Crippen molar-refractivity contribution >= 4 is 11.8 Å². The molecule has 0 saturated carbocycles. The third kappa shape index (κ3) is 10.3. The molecule has 0 spiro atoms. The first-order valence-electron chi connectivity index (χ1n) is 12.7. The summed E-state index contributed by atoms with van der Waals surface area (Å²) in [4.78, 5) is 28.9. The van der Waals surface area contributed by atoms with Gasteiger partial charge in [-0.2, -0.15) is 0 Å². The summed E-state index contributed by atoms with van der Waals surface area (Å²) in [6.45, 7) is 12.5. The van der Waals surface area contributed by atoms with E-state index in [1.807, 2.05) is 0 Å². The minimum Gasteiger partial charge on any atom is -0.343 e. The van der Waals surface area contributed by atoms with Gasteiger partial charge in [-0.1, -0.05) is 40.0 Å². The van der Waals surface area contributed by atoms with Crippen LogP contribution in [0.2, 0.25) is 0 Å². The van der Waals surface area contributed by atoms with Crippen molar-refractivity contribution < 1.29 is 9.59 Å². The zero-order valence-electron chi connectivity index (χ0n) is 20.5. The summed E-state index contributed by atoms with van der Waals surface area (Å²) in [5.41, 5.74) is 5.56. The van der Waals surface area contributed by atoms with Crippen LogP contribution in [0, 0.1) is 17.3 Å². The molecule has 0 aromatic carbocycles. The Labute approximate surface area is 190 Å². The number of nitrogens with two attached hydrogens (primary N) is 1. The van der Waals surface area contributed by atoms with Crippen molar-refractivity contribution in [3.8, 4) is 0 Å². The van der Waals surface area contributed by atoms with E-state index in [1.165, 1.54) is 32.1 Å². The Morgan fingerprint density at radius 1 is 0.839 bits per heavy atom. The van der Waals surface area contributed by atoms with Gasteiger partial charge in [0.1, 0.15) is 0 Å². The third-order valence-electron chi connectivity index (χ3n) is 6.91. The predicted molar refractivity (Wildman–Crippen MR) is 128 cm³/mol. The van der Waals surface area contributed by atoms with E-state index in [0.717, 1.165) is 70.4 Å². The number of piperidine rings is 2. The van der Waals surface area contributed by atoms with Crippen LogP contribution in [0.25, 0.3) is 0 Å². The summed E-state index contributed by atoms with van der Waals surface area (Å²) in [5.74, 6) is 2.19. The molecule has 0 aliphatic carbocycles. The number of nitrogens with zero attached hydrogens (tertiary/aromatic N) is 2. The Bertz CT molecular complexity index is 530. The second kappa shape index (κ2) is 13.4. The molecule has 0 atom stereocenters. The molecule has 180 valence electrons. The minimum absolute atomic E-state index is 0.0788. The van der Waals surface area contributed by atoms with Gasteiger partial charge in [0.25, 0.3) is 0 Å². The first-order valence-corrected chi connectivity index (χ1v) is 12.7. The van der Waals surface area contributed by atoms with Crippen LogP contribution in [0.3, 0.4) is 0 Å². The monoisotopic (exact) mass is 436 g/mol. The molecule has 2 aliphatic heterocycles.